The van der Waals surface area contributed by atoms with Gasteiger partial charge in [-0.1, -0.05) is 19.9 Å². The summed E-state index contributed by atoms with van der Waals surface area (Å²) < 4.78 is 54.9. The van der Waals surface area contributed by atoms with Crippen LogP contribution in [-0.4, -0.2) is 46.3 Å². The molecule has 1 fully saturated rings. The van der Waals surface area contributed by atoms with E-state index >= 15 is 0 Å². The van der Waals surface area contributed by atoms with Gasteiger partial charge in [0.15, 0.2) is 0 Å². The molecule has 0 unspecified atom stereocenters. The molecule has 0 aromatic heterocycles. The van der Waals surface area contributed by atoms with E-state index in [0.717, 1.165) is 12.8 Å². The third kappa shape index (κ3) is 4.76. The van der Waals surface area contributed by atoms with E-state index in [4.69, 9.17) is 5.73 Å². The molecule has 1 aromatic carbocycles. The van der Waals surface area contributed by atoms with Gasteiger partial charge in [0.05, 0.1) is 9.79 Å². The summed E-state index contributed by atoms with van der Waals surface area (Å²) in [6, 6.07) is 5.52. The summed E-state index contributed by atoms with van der Waals surface area (Å²) in [6.07, 6.45) is 2.74. The minimum Gasteiger partial charge on any atom is -0.329 e. The number of nitrogens with two attached hydrogens (primary N) is 1. The minimum atomic E-state index is -3.87. The van der Waals surface area contributed by atoms with Crippen LogP contribution in [0.5, 0.6) is 0 Å². The summed E-state index contributed by atoms with van der Waals surface area (Å²) in [5, 5.41) is 0. The number of nitrogens with zero attached hydrogens (tertiary/aromatic N) is 1. The van der Waals surface area contributed by atoms with Gasteiger partial charge in [-0.05, 0) is 43.9 Å². The van der Waals surface area contributed by atoms with Crippen LogP contribution < -0.4 is 10.5 Å². The van der Waals surface area contributed by atoms with Crippen molar-refractivity contribution in [1.29, 1.82) is 0 Å². The molecule has 10 heteroatoms. The lowest BCUT2D eigenvalue weighted by molar-refractivity contribution is 0.363. The second-order valence-corrected chi connectivity index (χ2v) is 10.0. The van der Waals surface area contributed by atoms with E-state index in [-0.39, 0.29) is 28.7 Å². The van der Waals surface area contributed by atoms with Crippen LogP contribution in [0.4, 0.5) is 0 Å². The molecule has 0 bridgehead atoms. The highest BCUT2D eigenvalue weighted by molar-refractivity contribution is 7.90. The van der Waals surface area contributed by atoms with E-state index in [0.29, 0.717) is 25.9 Å². The zero-order valence-corrected chi connectivity index (χ0v) is 17.6. The molecular formula is C16H28ClN3O4S2. The zero-order valence-electron chi connectivity index (χ0n) is 15.1. The Morgan fingerprint density at radius 1 is 1.08 bits per heavy atom. The van der Waals surface area contributed by atoms with Crippen molar-refractivity contribution in [3.63, 3.8) is 0 Å². The molecule has 0 spiro atoms. The molecule has 7 nitrogen and oxygen atoms in total. The monoisotopic (exact) mass is 425 g/mol. The van der Waals surface area contributed by atoms with E-state index < -0.39 is 25.6 Å². The van der Waals surface area contributed by atoms with Gasteiger partial charge in [0.25, 0.3) is 0 Å². The van der Waals surface area contributed by atoms with Crippen molar-refractivity contribution >= 4 is 32.5 Å². The van der Waals surface area contributed by atoms with E-state index in [1.165, 1.54) is 28.6 Å². The quantitative estimate of drug-likeness (QED) is 0.658. The van der Waals surface area contributed by atoms with Crippen molar-refractivity contribution in [2.24, 2.45) is 5.73 Å². The van der Waals surface area contributed by atoms with Crippen molar-refractivity contribution in [2.45, 2.75) is 54.9 Å². The Kier molecular flexibility index (Phi) is 8.06. The van der Waals surface area contributed by atoms with Crippen LogP contribution in [0.2, 0.25) is 0 Å². The smallest absolute Gasteiger partial charge is 0.243 e. The van der Waals surface area contributed by atoms with Crippen molar-refractivity contribution in [2.75, 3.05) is 19.6 Å². The topological polar surface area (TPSA) is 110 Å². The second-order valence-electron chi connectivity index (χ2n) is 6.38. The number of benzene rings is 1. The van der Waals surface area contributed by atoms with Gasteiger partial charge in [-0.25, -0.2) is 21.6 Å². The largest absolute Gasteiger partial charge is 0.329 e. The molecule has 1 saturated heterocycles. The van der Waals surface area contributed by atoms with Gasteiger partial charge in [-0.3, -0.25) is 0 Å². The van der Waals surface area contributed by atoms with E-state index in [2.05, 4.69) is 4.72 Å². The van der Waals surface area contributed by atoms with Crippen LogP contribution in [0.25, 0.3) is 0 Å². The molecule has 0 saturated carbocycles. The predicted molar refractivity (Wildman–Crippen MR) is 104 cm³/mol. The van der Waals surface area contributed by atoms with Crippen molar-refractivity contribution < 1.29 is 16.8 Å². The molecule has 26 heavy (non-hydrogen) atoms. The molecule has 1 aromatic rings. The highest BCUT2D eigenvalue weighted by atomic mass is 35.5. The molecule has 150 valence electrons. The molecule has 2 rings (SSSR count). The second kappa shape index (κ2) is 8.99. The third-order valence-corrected chi connectivity index (χ3v) is 8.38. The van der Waals surface area contributed by atoms with Gasteiger partial charge in [0.2, 0.25) is 20.0 Å². The predicted octanol–water partition coefficient (Wildman–Crippen LogP) is 1.69. The first-order valence-corrected chi connectivity index (χ1v) is 11.5. The highest BCUT2D eigenvalue weighted by Gasteiger charge is 2.32. The maximum atomic E-state index is 12.7. The molecule has 0 amide bonds. The van der Waals surface area contributed by atoms with Gasteiger partial charge >= 0.3 is 0 Å². The maximum absolute atomic E-state index is 12.7. The van der Waals surface area contributed by atoms with Gasteiger partial charge in [-0.15, -0.1) is 12.4 Å². The summed E-state index contributed by atoms with van der Waals surface area (Å²) in [7, 11) is -7.54. The third-order valence-electron chi connectivity index (χ3n) is 4.91. The molecule has 3 N–H and O–H groups in total. The van der Waals surface area contributed by atoms with Gasteiger partial charge in [-0.2, -0.15) is 4.31 Å². The Bertz CT molecular complexity index is 794. The van der Waals surface area contributed by atoms with E-state index in [1.54, 1.807) is 0 Å². The number of halogens is 1. The minimum absolute atomic E-state index is 0. The zero-order chi connectivity index (χ0) is 18.7. The molecule has 0 atom stereocenters. The van der Waals surface area contributed by atoms with Gasteiger partial charge in [0.1, 0.15) is 0 Å². The van der Waals surface area contributed by atoms with Crippen LogP contribution in [0.3, 0.4) is 0 Å². The first-order chi connectivity index (χ1) is 11.7. The normalized spacial score (nSPS) is 16.4. The highest BCUT2D eigenvalue weighted by Crippen LogP contribution is 2.24. The lowest BCUT2D eigenvalue weighted by Gasteiger charge is -2.31. The van der Waals surface area contributed by atoms with Crippen molar-refractivity contribution in [1.82, 2.24) is 9.03 Å². The Morgan fingerprint density at radius 3 is 2.12 bits per heavy atom. The molecule has 1 heterocycles. The fourth-order valence-corrected chi connectivity index (χ4v) is 6.19. The molecule has 0 aliphatic carbocycles. The van der Waals surface area contributed by atoms with Crippen LogP contribution >= 0.6 is 12.4 Å². The molecular weight excluding hydrogens is 398 g/mol. The maximum Gasteiger partial charge on any atom is 0.243 e. The van der Waals surface area contributed by atoms with Gasteiger partial charge < -0.3 is 5.73 Å². The van der Waals surface area contributed by atoms with Crippen LogP contribution in [-0.2, 0) is 20.0 Å². The lowest BCUT2D eigenvalue weighted by Crippen LogP contribution is -2.52. The summed E-state index contributed by atoms with van der Waals surface area (Å²) >= 11 is 0. The Morgan fingerprint density at radius 2 is 1.62 bits per heavy atom. The SMILES string of the molecule is CCC(CC)(CN)NS(=O)(=O)c1cccc(S(=O)(=O)N2CCCC2)c1.Cl. The van der Waals surface area contributed by atoms with Crippen LogP contribution in [0.1, 0.15) is 39.5 Å². The summed E-state index contributed by atoms with van der Waals surface area (Å²) in [5.41, 5.74) is 5.03. The molecule has 1 aliphatic rings. The average molecular weight is 426 g/mol. The summed E-state index contributed by atoms with van der Waals surface area (Å²) in [6.45, 7) is 4.85. The summed E-state index contributed by atoms with van der Waals surface area (Å²) in [4.78, 5) is -0.0592. The number of hydrogen-bond donors (Lipinski definition) is 2. The molecule has 0 radical (unpaired) electrons. The first kappa shape index (κ1) is 23.3. The number of hydrogen-bond acceptors (Lipinski definition) is 5. The van der Waals surface area contributed by atoms with E-state index in [9.17, 15) is 16.8 Å². The van der Waals surface area contributed by atoms with E-state index in [1.807, 2.05) is 13.8 Å². The fourth-order valence-electron chi connectivity index (χ4n) is 2.95. The van der Waals surface area contributed by atoms with Crippen LogP contribution in [0, 0.1) is 0 Å². The Hall–Kier alpha value is -0.710. The number of rotatable bonds is 8. The fraction of sp³-hybridized carbons (Fsp3) is 0.625. The number of sulfonamides is 2. The van der Waals surface area contributed by atoms with Gasteiger partial charge in [0, 0.05) is 25.2 Å². The first-order valence-electron chi connectivity index (χ1n) is 8.55. The average Bonchev–Trinajstić information content (AvgIpc) is 3.15. The van der Waals surface area contributed by atoms with Crippen LogP contribution in [0.15, 0.2) is 34.1 Å². The van der Waals surface area contributed by atoms with Crippen molar-refractivity contribution in [3.8, 4) is 0 Å². The van der Waals surface area contributed by atoms with Crippen molar-refractivity contribution in [3.05, 3.63) is 24.3 Å². The Balaban J connectivity index is 0.00000338. The number of nitrogens with one attached hydrogen (secondary N) is 1. The summed E-state index contributed by atoms with van der Waals surface area (Å²) in [5.74, 6) is 0. The lowest BCUT2D eigenvalue weighted by atomic mass is 9.95. The molecule has 1 aliphatic heterocycles. The standard InChI is InChI=1S/C16H27N3O4S2.ClH/c1-3-16(4-2,13-17)18-24(20,21)14-8-7-9-15(12-14)25(22,23)19-10-5-6-11-19;/h7-9,12,18H,3-6,10-11,13,17H2,1-2H3;1H. The Labute approximate surface area is 162 Å².